The number of aryl methyl sites for hydroxylation is 1. The lowest BCUT2D eigenvalue weighted by Crippen LogP contribution is -2.28. The van der Waals surface area contributed by atoms with Gasteiger partial charge in [0.15, 0.2) is 5.82 Å². The van der Waals surface area contributed by atoms with Crippen LogP contribution in [-0.2, 0) is 22.4 Å². The van der Waals surface area contributed by atoms with Crippen LogP contribution < -0.4 is 11.1 Å². The van der Waals surface area contributed by atoms with Gasteiger partial charge < -0.3 is 25.1 Å². The van der Waals surface area contributed by atoms with E-state index in [4.69, 9.17) is 20.2 Å². The van der Waals surface area contributed by atoms with Crippen molar-refractivity contribution in [3.8, 4) is 0 Å². The standard InChI is InChI=1S/C23H33N5O3/c1-3-5-11-19-27-20-21(17-9-7-8-10-18(17)26-22(20)24)28(19)13-16-30-15-12-25-23(29)31-14-6-4-2/h7-10H,3-6,11-16H2,1-2H3,(H2,24,26)(H,25,29). The zero-order chi connectivity index (χ0) is 22.1. The second kappa shape index (κ2) is 11.5. The van der Waals surface area contributed by atoms with Crippen molar-refractivity contribution >= 4 is 33.8 Å². The van der Waals surface area contributed by atoms with Crippen LogP contribution in [0.5, 0.6) is 0 Å². The number of hydrogen-bond donors (Lipinski definition) is 2. The van der Waals surface area contributed by atoms with E-state index in [1.165, 1.54) is 0 Å². The summed E-state index contributed by atoms with van der Waals surface area (Å²) < 4.78 is 13.0. The Hall–Kier alpha value is -2.87. The highest BCUT2D eigenvalue weighted by atomic mass is 16.5. The largest absolute Gasteiger partial charge is 0.450 e. The average Bonchev–Trinajstić information content (AvgIpc) is 3.14. The molecule has 0 bridgehead atoms. The molecule has 2 heterocycles. The predicted octanol–water partition coefficient (Wildman–Crippen LogP) is 4.05. The van der Waals surface area contributed by atoms with Crippen molar-refractivity contribution in [2.45, 2.75) is 52.5 Å². The van der Waals surface area contributed by atoms with E-state index in [0.717, 1.165) is 59.9 Å². The fraction of sp³-hybridized carbons (Fsp3) is 0.522. The Morgan fingerprint density at radius 3 is 2.71 bits per heavy atom. The fourth-order valence-corrected chi connectivity index (χ4v) is 3.51. The fourth-order valence-electron chi connectivity index (χ4n) is 3.51. The van der Waals surface area contributed by atoms with E-state index in [1.807, 2.05) is 18.2 Å². The Bertz CT molecular complexity index is 1000. The van der Waals surface area contributed by atoms with Crippen LogP contribution in [0.4, 0.5) is 10.6 Å². The van der Waals surface area contributed by atoms with Crippen LogP contribution in [0.15, 0.2) is 24.3 Å². The molecular weight excluding hydrogens is 394 g/mol. The number of carbonyl (C=O) groups is 1. The third kappa shape index (κ3) is 5.85. The third-order valence-corrected chi connectivity index (χ3v) is 5.15. The first-order valence-corrected chi connectivity index (χ1v) is 11.2. The molecule has 0 aliphatic rings. The van der Waals surface area contributed by atoms with Crippen LogP contribution in [-0.4, -0.2) is 47.0 Å². The maximum atomic E-state index is 11.6. The Morgan fingerprint density at radius 2 is 1.90 bits per heavy atom. The second-order valence-electron chi connectivity index (χ2n) is 7.52. The quantitative estimate of drug-likeness (QED) is 0.423. The van der Waals surface area contributed by atoms with E-state index in [1.54, 1.807) is 0 Å². The maximum absolute atomic E-state index is 11.6. The summed E-state index contributed by atoms with van der Waals surface area (Å²) >= 11 is 0. The number of unbranched alkanes of at least 4 members (excludes halogenated alkanes) is 2. The lowest BCUT2D eigenvalue weighted by atomic mass is 10.2. The molecule has 0 radical (unpaired) electrons. The molecule has 2 aromatic heterocycles. The summed E-state index contributed by atoms with van der Waals surface area (Å²) in [6.07, 6.45) is 4.50. The first-order valence-electron chi connectivity index (χ1n) is 11.2. The Labute approximate surface area is 183 Å². The van der Waals surface area contributed by atoms with Crippen LogP contribution >= 0.6 is 0 Å². The number of alkyl carbamates (subject to hydrolysis) is 1. The molecule has 3 rings (SSSR count). The molecule has 0 aliphatic heterocycles. The summed E-state index contributed by atoms with van der Waals surface area (Å²) in [7, 11) is 0. The van der Waals surface area contributed by atoms with Gasteiger partial charge in [-0.3, -0.25) is 0 Å². The monoisotopic (exact) mass is 427 g/mol. The van der Waals surface area contributed by atoms with Crippen molar-refractivity contribution in [1.82, 2.24) is 19.9 Å². The minimum absolute atomic E-state index is 0.394. The summed E-state index contributed by atoms with van der Waals surface area (Å²) in [5, 5.41) is 3.75. The zero-order valence-electron chi connectivity index (χ0n) is 18.5. The van der Waals surface area contributed by atoms with E-state index in [-0.39, 0.29) is 0 Å². The zero-order valence-corrected chi connectivity index (χ0v) is 18.5. The Kier molecular flexibility index (Phi) is 8.46. The third-order valence-electron chi connectivity index (χ3n) is 5.15. The number of imidazole rings is 1. The van der Waals surface area contributed by atoms with Crippen LogP contribution in [0.1, 0.15) is 45.4 Å². The number of nitrogen functional groups attached to an aromatic ring is 1. The number of nitrogens with one attached hydrogen (secondary N) is 1. The molecule has 3 aromatic rings. The van der Waals surface area contributed by atoms with Gasteiger partial charge in [0.05, 0.1) is 30.9 Å². The summed E-state index contributed by atoms with van der Waals surface area (Å²) in [5.41, 5.74) is 8.85. The predicted molar refractivity (Wildman–Crippen MR) is 123 cm³/mol. The van der Waals surface area contributed by atoms with Crippen LogP contribution in [0.25, 0.3) is 21.9 Å². The summed E-state index contributed by atoms with van der Waals surface area (Å²) in [4.78, 5) is 20.9. The molecule has 31 heavy (non-hydrogen) atoms. The van der Waals surface area contributed by atoms with Crippen molar-refractivity contribution in [3.05, 3.63) is 30.1 Å². The Balaban J connectivity index is 1.65. The van der Waals surface area contributed by atoms with Gasteiger partial charge in [-0.2, -0.15) is 0 Å². The number of nitrogens with zero attached hydrogens (tertiary/aromatic N) is 3. The number of aromatic nitrogens is 3. The first-order chi connectivity index (χ1) is 15.2. The highest BCUT2D eigenvalue weighted by Crippen LogP contribution is 2.29. The molecule has 0 saturated heterocycles. The molecule has 168 valence electrons. The smallest absolute Gasteiger partial charge is 0.407 e. The van der Waals surface area contributed by atoms with E-state index in [9.17, 15) is 4.79 Å². The van der Waals surface area contributed by atoms with Crippen molar-refractivity contribution in [1.29, 1.82) is 0 Å². The lowest BCUT2D eigenvalue weighted by molar-refractivity contribution is 0.117. The van der Waals surface area contributed by atoms with E-state index in [2.05, 4.69) is 34.8 Å². The van der Waals surface area contributed by atoms with Gasteiger partial charge in [0.25, 0.3) is 0 Å². The average molecular weight is 428 g/mol. The topological polar surface area (TPSA) is 104 Å². The minimum atomic E-state index is -0.394. The molecule has 0 fully saturated rings. The number of ether oxygens (including phenoxy) is 2. The molecule has 0 aliphatic carbocycles. The number of hydrogen-bond acceptors (Lipinski definition) is 6. The van der Waals surface area contributed by atoms with Gasteiger partial charge in [0.2, 0.25) is 0 Å². The van der Waals surface area contributed by atoms with Gasteiger partial charge in [0, 0.05) is 24.9 Å². The number of benzene rings is 1. The van der Waals surface area contributed by atoms with Gasteiger partial charge in [-0.25, -0.2) is 14.8 Å². The molecule has 3 N–H and O–H groups in total. The van der Waals surface area contributed by atoms with Crippen molar-refractivity contribution < 1.29 is 14.3 Å². The van der Waals surface area contributed by atoms with Crippen molar-refractivity contribution in [3.63, 3.8) is 0 Å². The summed E-state index contributed by atoms with van der Waals surface area (Å²) in [6.45, 7) is 6.67. The number of carbonyl (C=O) groups excluding carboxylic acids is 1. The van der Waals surface area contributed by atoms with E-state index in [0.29, 0.717) is 38.7 Å². The molecule has 0 spiro atoms. The summed E-state index contributed by atoms with van der Waals surface area (Å²) in [6, 6.07) is 7.99. The molecule has 0 saturated carbocycles. The molecular formula is C23H33N5O3. The normalized spacial score (nSPS) is 11.3. The minimum Gasteiger partial charge on any atom is -0.450 e. The molecule has 1 aromatic carbocycles. The highest BCUT2D eigenvalue weighted by molar-refractivity contribution is 6.06. The summed E-state index contributed by atoms with van der Waals surface area (Å²) in [5.74, 6) is 1.46. The van der Waals surface area contributed by atoms with Crippen molar-refractivity contribution in [2.24, 2.45) is 0 Å². The van der Waals surface area contributed by atoms with Gasteiger partial charge in [0.1, 0.15) is 11.3 Å². The Morgan fingerprint density at radius 1 is 1.10 bits per heavy atom. The molecule has 1 amide bonds. The lowest BCUT2D eigenvalue weighted by Gasteiger charge is -2.12. The number of nitrogens with two attached hydrogens (primary N) is 1. The van der Waals surface area contributed by atoms with Crippen LogP contribution in [0.2, 0.25) is 0 Å². The number of fused-ring (bicyclic) bond motifs is 3. The van der Waals surface area contributed by atoms with Gasteiger partial charge in [-0.1, -0.05) is 44.9 Å². The first kappa shape index (κ1) is 22.8. The number of para-hydroxylation sites is 1. The van der Waals surface area contributed by atoms with Crippen LogP contribution in [0.3, 0.4) is 0 Å². The van der Waals surface area contributed by atoms with Crippen molar-refractivity contribution in [2.75, 3.05) is 32.1 Å². The van der Waals surface area contributed by atoms with E-state index >= 15 is 0 Å². The molecule has 8 nitrogen and oxygen atoms in total. The highest BCUT2D eigenvalue weighted by Gasteiger charge is 2.16. The van der Waals surface area contributed by atoms with Gasteiger partial charge >= 0.3 is 6.09 Å². The van der Waals surface area contributed by atoms with Gasteiger partial charge in [-0.15, -0.1) is 0 Å². The van der Waals surface area contributed by atoms with E-state index < -0.39 is 6.09 Å². The number of amides is 1. The molecule has 0 atom stereocenters. The molecule has 8 heteroatoms. The van der Waals surface area contributed by atoms with Gasteiger partial charge in [-0.05, 0) is 18.9 Å². The molecule has 0 unspecified atom stereocenters. The maximum Gasteiger partial charge on any atom is 0.407 e. The number of anilines is 1. The number of rotatable bonds is 12. The second-order valence-corrected chi connectivity index (χ2v) is 7.52. The SMILES string of the molecule is CCCCOC(=O)NCCOCCn1c(CCCC)nc2c(N)nc3ccccc3c21. The number of pyridine rings is 1. The van der Waals surface area contributed by atoms with Crippen LogP contribution in [0, 0.1) is 0 Å².